The van der Waals surface area contributed by atoms with Crippen LogP contribution in [0.15, 0.2) is 29.2 Å². The van der Waals surface area contributed by atoms with Crippen molar-refractivity contribution in [1.29, 1.82) is 0 Å². The van der Waals surface area contributed by atoms with E-state index >= 15 is 0 Å². The normalized spacial score (nSPS) is 19.5. The Morgan fingerprint density at radius 1 is 0.962 bits per heavy atom. The van der Waals surface area contributed by atoms with Crippen molar-refractivity contribution in [2.75, 3.05) is 52.4 Å². The average molecular weight is 358 g/mol. The maximum Gasteiger partial charge on any atom is 0.350 e. The summed E-state index contributed by atoms with van der Waals surface area (Å²) in [4.78, 5) is 31.1. The van der Waals surface area contributed by atoms with E-state index in [4.69, 9.17) is 0 Å². The zero-order valence-electron chi connectivity index (χ0n) is 15.1. The second kappa shape index (κ2) is 7.59. The van der Waals surface area contributed by atoms with Gasteiger partial charge in [0.1, 0.15) is 0 Å². The first-order chi connectivity index (χ1) is 12.7. The Balaban J connectivity index is 1.25. The van der Waals surface area contributed by atoms with Crippen LogP contribution < -0.4 is 5.69 Å². The lowest BCUT2D eigenvalue weighted by Crippen LogP contribution is -2.50. The molecular formula is C18H26N6O2. The Bertz CT molecular complexity index is 814. The molecule has 2 fully saturated rings. The Morgan fingerprint density at radius 3 is 2.42 bits per heavy atom. The third kappa shape index (κ3) is 3.66. The molecule has 2 saturated heterocycles. The van der Waals surface area contributed by atoms with Crippen molar-refractivity contribution >= 4 is 11.6 Å². The molecule has 0 spiro atoms. The van der Waals surface area contributed by atoms with Gasteiger partial charge in [-0.05, 0) is 25.0 Å². The molecule has 0 aromatic carbocycles. The van der Waals surface area contributed by atoms with Crippen LogP contribution in [-0.4, -0.2) is 87.1 Å². The van der Waals surface area contributed by atoms with Crippen LogP contribution >= 0.6 is 0 Å². The van der Waals surface area contributed by atoms with Gasteiger partial charge in [0, 0.05) is 52.0 Å². The molecule has 0 N–H and O–H groups in total. The molecule has 1 amide bonds. The number of nitrogens with zero attached hydrogens (tertiary/aromatic N) is 6. The van der Waals surface area contributed by atoms with Crippen LogP contribution in [0, 0.1) is 0 Å². The molecule has 8 nitrogen and oxygen atoms in total. The quantitative estimate of drug-likeness (QED) is 0.737. The number of hydrogen-bond donors (Lipinski definition) is 0. The van der Waals surface area contributed by atoms with Crippen LogP contribution in [0.4, 0.5) is 0 Å². The third-order valence-corrected chi connectivity index (χ3v) is 5.40. The number of hydrogen-bond acceptors (Lipinski definition) is 5. The minimum Gasteiger partial charge on any atom is -0.342 e. The van der Waals surface area contributed by atoms with Gasteiger partial charge in [-0.3, -0.25) is 19.0 Å². The van der Waals surface area contributed by atoms with E-state index in [1.807, 2.05) is 23.1 Å². The first kappa shape index (κ1) is 17.2. The van der Waals surface area contributed by atoms with E-state index in [-0.39, 0.29) is 11.6 Å². The molecule has 2 aromatic rings. The first-order valence-corrected chi connectivity index (χ1v) is 9.47. The Morgan fingerprint density at radius 2 is 1.69 bits per heavy atom. The van der Waals surface area contributed by atoms with Gasteiger partial charge in [0.25, 0.3) is 0 Å². The molecular weight excluding hydrogens is 332 g/mol. The fourth-order valence-electron chi connectivity index (χ4n) is 3.78. The molecule has 4 heterocycles. The predicted octanol–water partition coefficient (Wildman–Crippen LogP) is -0.264. The van der Waals surface area contributed by atoms with Crippen LogP contribution in [0.3, 0.4) is 0 Å². The standard InChI is InChI=1S/C18H26N6O2/c25-17(22-6-3-4-7-22)15-21-11-9-20(10-12-21)13-14-24-18(26)23-8-2-1-5-16(23)19-24/h1-2,5,8H,3-4,6-7,9-15H2. The fourth-order valence-corrected chi connectivity index (χ4v) is 3.78. The summed E-state index contributed by atoms with van der Waals surface area (Å²) in [6.07, 6.45) is 4.03. The maximum atomic E-state index is 12.3. The highest BCUT2D eigenvalue weighted by atomic mass is 16.2. The molecule has 26 heavy (non-hydrogen) atoms. The topological polar surface area (TPSA) is 66.1 Å². The van der Waals surface area contributed by atoms with Crippen molar-refractivity contribution in [3.63, 3.8) is 0 Å². The summed E-state index contributed by atoms with van der Waals surface area (Å²) in [6, 6.07) is 5.56. The smallest absolute Gasteiger partial charge is 0.342 e. The number of pyridine rings is 1. The van der Waals surface area contributed by atoms with E-state index in [1.54, 1.807) is 15.3 Å². The van der Waals surface area contributed by atoms with Crippen LogP contribution in [0.25, 0.3) is 5.65 Å². The predicted molar refractivity (Wildman–Crippen MR) is 98.1 cm³/mol. The lowest BCUT2D eigenvalue weighted by atomic mass is 10.3. The fraction of sp³-hybridized carbons (Fsp3) is 0.611. The van der Waals surface area contributed by atoms with Crippen molar-refractivity contribution in [1.82, 2.24) is 28.9 Å². The van der Waals surface area contributed by atoms with Gasteiger partial charge in [-0.25, -0.2) is 9.48 Å². The number of likely N-dealkylation sites (tertiary alicyclic amines) is 1. The van der Waals surface area contributed by atoms with Crippen molar-refractivity contribution in [3.8, 4) is 0 Å². The highest BCUT2D eigenvalue weighted by Gasteiger charge is 2.23. The molecule has 0 radical (unpaired) electrons. The lowest BCUT2D eigenvalue weighted by Gasteiger charge is -2.34. The number of aromatic nitrogens is 3. The molecule has 0 aliphatic carbocycles. The molecule has 0 saturated carbocycles. The summed E-state index contributed by atoms with van der Waals surface area (Å²) in [5.41, 5.74) is 0.596. The van der Waals surface area contributed by atoms with Crippen LogP contribution in [0.5, 0.6) is 0 Å². The van der Waals surface area contributed by atoms with Gasteiger partial charge < -0.3 is 4.90 Å². The molecule has 2 aliphatic heterocycles. The van der Waals surface area contributed by atoms with Crippen molar-refractivity contribution in [3.05, 3.63) is 34.9 Å². The zero-order valence-corrected chi connectivity index (χ0v) is 15.1. The third-order valence-electron chi connectivity index (χ3n) is 5.40. The van der Waals surface area contributed by atoms with Crippen molar-refractivity contribution in [2.24, 2.45) is 0 Å². The van der Waals surface area contributed by atoms with E-state index in [0.29, 0.717) is 18.7 Å². The second-order valence-corrected chi connectivity index (χ2v) is 7.14. The van der Waals surface area contributed by atoms with E-state index in [9.17, 15) is 9.59 Å². The summed E-state index contributed by atoms with van der Waals surface area (Å²) in [5.74, 6) is 0.271. The highest BCUT2D eigenvalue weighted by Crippen LogP contribution is 2.09. The van der Waals surface area contributed by atoms with Gasteiger partial charge in [0.05, 0.1) is 13.1 Å². The van der Waals surface area contributed by atoms with E-state index in [1.165, 1.54) is 0 Å². The largest absolute Gasteiger partial charge is 0.350 e. The molecule has 140 valence electrons. The monoisotopic (exact) mass is 358 g/mol. The molecule has 0 atom stereocenters. The zero-order chi connectivity index (χ0) is 17.9. The Hall–Kier alpha value is -2.19. The van der Waals surface area contributed by atoms with E-state index < -0.39 is 0 Å². The van der Waals surface area contributed by atoms with Gasteiger partial charge in [-0.2, -0.15) is 0 Å². The van der Waals surface area contributed by atoms with Gasteiger partial charge in [-0.15, -0.1) is 5.10 Å². The molecule has 0 bridgehead atoms. The average Bonchev–Trinajstić information content (AvgIpc) is 3.30. The van der Waals surface area contributed by atoms with Crippen molar-refractivity contribution < 1.29 is 4.79 Å². The van der Waals surface area contributed by atoms with E-state index in [2.05, 4.69) is 14.9 Å². The first-order valence-electron chi connectivity index (χ1n) is 9.47. The minimum atomic E-state index is -0.0876. The Kier molecular flexibility index (Phi) is 5.03. The number of amides is 1. The van der Waals surface area contributed by atoms with Gasteiger partial charge in [-0.1, -0.05) is 6.07 Å². The molecule has 8 heteroatoms. The summed E-state index contributed by atoms with van der Waals surface area (Å²) >= 11 is 0. The highest BCUT2D eigenvalue weighted by molar-refractivity contribution is 5.78. The summed E-state index contributed by atoms with van der Waals surface area (Å²) in [5, 5.41) is 4.37. The molecule has 0 unspecified atom stereocenters. The van der Waals surface area contributed by atoms with Crippen LogP contribution in [0.2, 0.25) is 0 Å². The Labute approximate surface area is 152 Å². The number of piperazine rings is 1. The van der Waals surface area contributed by atoms with Gasteiger partial charge in [0.2, 0.25) is 5.91 Å². The summed E-state index contributed by atoms with van der Waals surface area (Å²) in [7, 11) is 0. The number of carbonyl (C=O) groups excluding carboxylic acids is 1. The summed E-state index contributed by atoms with van der Waals surface area (Å²) in [6.45, 7) is 7.44. The van der Waals surface area contributed by atoms with Crippen LogP contribution in [-0.2, 0) is 11.3 Å². The number of carbonyl (C=O) groups is 1. The van der Waals surface area contributed by atoms with Crippen LogP contribution in [0.1, 0.15) is 12.8 Å². The van der Waals surface area contributed by atoms with Crippen molar-refractivity contribution in [2.45, 2.75) is 19.4 Å². The molecule has 2 aromatic heterocycles. The van der Waals surface area contributed by atoms with Gasteiger partial charge >= 0.3 is 5.69 Å². The molecule has 2 aliphatic rings. The summed E-state index contributed by atoms with van der Waals surface area (Å²) < 4.78 is 3.11. The SMILES string of the molecule is O=C(CN1CCN(CCn2nc3ccccn3c2=O)CC1)N1CCCC1. The van der Waals surface area contributed by atoms with Gasteiger partial charge in [0.15, 0.2) is 5.65 Å². The minimum absolute atomic E-state index is 0.0876. The number of rotatable bonds is 5. The number of fused-ring (bicyclic) bond motifs is 1. The second-order valence-electron chi connectivity index (χ2n) is 7.14. The van der Waals surface area contributed by atoms with E-state index in [0.717, 1.165) is 58.7 Å². The lowest BCUT2D eigenvalue weighted by molar-refractivity contribution is -0.131. The maximum absolute atomic E-state index is 12.3. The molecule has 4 rings (SSSR count).